The molecule has 2 fully saturated rings. The van der Waals surface area contributed by atoms with Crippen LogP contribution in [0.15, 0.2) is 12.3 Å². The molecule has 0 radical (unpaired) electrons. The summed E-state index contributed by atoms with van der Waals surface area (Å²) in [6, 6.07) is 2.33. The number of anilines is 2. The second-order valence-corrected chi connectivity index (χ2v) is 4.76. The van der Waals surface area contributed by atoms with Crippen molar-refractivity contribution >= 4 is 11.8 Å². The van der Waals surface area contributed by atoms with Gasteiger partial charge in [0.15, 0.2) is 0 Å². The molecule has 2 saturated heterocycles. The average molecular weight is 235 g/mol. The number of nitrogens with zero attached hydrogens (tertiary/aromatic N) is 4. The Morgan fingerprint density at radius 1 is 1.35 bits per heavy atom. The van der Waals surface area contributed by atoms with Gasteiger partial charge in [-0.15, -0.1) is 0 Å². The van der Waals surface area contributed by atoms with Crippen molar-refractivity contribution in [3.63, 3.8) is 0 Å². The molecular weight excluding hydrogens is 218 g/mol. The molecule has 17 heavy (non-hydrogen) atoms. The molecule has 0 unspecified atom stereocenters. The fourth-order valence-corrected chi connectivity index (χ4v) is 2.76. The number of piperazine rings is 1. The van der Waals surface area contributed by atoms with Crippen LogP contribution in [0.4, 0.5) is 11.8 Å². The summed E-state index contributed by atoms with van der Waals surface area (Å²) in [6.07, 6.45) is 2.38. The minimum absolute atomic E-state index is 0.171. The Morgan fingerprint density at radius 2 is 2.24 bits per heavy atom. The lowest BCUT2D eigenvalue weighted by Crippen LogP contribution is -2.50. The number of fused-ring (bicyclic) bond motifs is 1. The van der Waals surface area contributed by atoms with E-state index in [1.165, 1.54) is 0 Å². The van der Waals surface area contributed by atoms with Crippen molar-refractivity contribution < 1.29 is 5.11 Å². The van der Waals surface area contributed by atoms with Gasteiger partial charge < -0.3 is 15.7 Å². The molecule has 0 aromatic carbocycles. The number of hydrogen-bond acceptors (Lipinski definition) is 6. The van der Waals surface area contributed by atoms with E-state index in [0.717, 1.165) is 38.4 Å². The van der Waals surface area contributed by atoms with Crippen LogP contribution in [0.2, 0.25) is 0 Å². The summed E-state index contributed by atoms with van der Waals surface area (Å²) < 4.78 is 0. The molecule has 1 aromatic rings. The van der Waals surface area contributed by atoms with Crippen molar-refractivity contribution in [2.45, 2.75) is 18.6 Å². The predicted molar refractivity (Wildman–Crippen MR) is 64.6 cm³/mol. The van der Waals surface area contributed by atoms with E-state index in [2.05, 4.69) is 19.8 Å². The van der Waals surface area contributed by atoms with E-state index in [-0.39, 0.29) is 6.10 Å². The van der Waals surface area contributed by atoms with Gasteiger partial charge in [0.1, 0.15) is 5.82 Å². The Kier molecular flexibility index (Phi) is 2.60. The van der Waals surface area contributed by atoms with Crippen LogP contribution in [0.5, 0.6) is 0 Å². The molecule has 2 aliphatic heterocycles. The fraction of sp³-hybridized carbons (Fsp3) is 0.636. The van der Waals surface area contributed by atoms with E-state index in [1.54, 1.807) is 6.20 Å². The third kappa shape index (κ3) is 2.05. The van der Waals surface area contributed by atoms with E-state index < -0.39 is 0 Å². The van der Waals surface area contributed by atoms with Crippen LogP contribution < -0.4 is 10.6 Å². The number of nitrogens with two attached hydrogens (primary N) is 1. The van der Waals surface area contributed by atoms with Crippen LogP contribution in [0.1, 0.15) is 6.42 Å². The van der Waals surface area contributed by atoms with Crippen molar-refractivity contribution in [1.82, 2.24) is 14.9 Å². The van der Waals surface area contributed by atoms with Crippen molar-refractivity contribution in [3.8, 4) is 0 Å². The summed E-state index contributed by atoms with van der Waals surface area (Å²) in [7, 11) is 0. The topological polar surface area (TPSA) is 78.5 Å². The number of hydrogen-bond donors (Lipinski definition) is 2. The molecule has 2 aliphatic rings. The van der Waals surface area contributed by atoms with E-state index in [1.807, 2.05) is 6.07 Å². The van der Waals surface area contributed by atoms with Crippen LogP contribution in [0.3, 0.4) is 0 Å². The smallest absolute Gasteiger partial charge is 0.221 e. The Morgan fingerprint density at radius 3 is 3.06 bits per heavy atom. The van der Waals surface area contributed by atoms with Crippen molar-refractivity contribution in [2.24, 2.45) is 0 Å². The first-order chi connectivity index (χ1) is 8.22. The van der Waals surface area contributed by atoms with Gasteiger partial charge in [0.2, 0.25) is 5.95 Å². The molecule has 3 rings (SSSR count). The van der Waals surface area contributed by atoms with E-state index >= 15 is 0 Å². The minimum Gasteiger partial charge on any atom is -0.392 e. The standard InChI is InChI=1S/C11H17N5O/c12-11-13-2-1-10(14-11)16-4-3-15-7-9(17)5-8(15)6-16/h1-2,8-9,17H,3-7H2,(H2,12,13,14)/t8-,9+/m0/s1. The van der Waals surface area contributed by atoms with Crippen LogP contribution in [0.25, 0.3) is 0 Å². The van der Waals surface area contributed by atoms with Crippen molar-refractivity contribution in [1.29, 1.82) is 0 Å². The van der Waals surface area contributed by atoms with Gasteiger partial charge in [-0.1, -0.05) is 0 Å². The van der Waals surface area contributed by atoms with Gasteiger partial charge in [-0.2, -0.15) is 4.98 Å². The first-order valence-electron chi connectivity index (χ1n) is 5.98. The number of nitrogen functional groups attached to an aromatic ring is 1. The quantitative estimate of drug-likeness (QED) is 0.671. The summed E-state index contributed by atoms with van der Waals surface area (Å²) in [5, 5.41) is 9.66. The van der Waals surface area contributed by atoms with Crippen LogP contribution >= 0.6 is 0 Å². The zero-order chi connectivity index (χ0) is 11.8. The Bertz CT molecular complexity index is 413. The molecular formula is C11H17N5O. The van der Waals surface area contributed by atoms with Gasteiger partial charge in [0, 0.05) is 38.4 Å². The van der Waals surface area contributed by atoms with E-state index in [4.69, 9.17) is 5.73 Å². The predicted octanol–water partition coefficient (Wildman–Crippen LogP) is -0.686. The normalized spacial score (nSPS) is 29.4. The lowest BCUT2D eigenvalue weighted by atomic mass is 10.1. The van der Waals surface area contributed by atoms with Gasteiger partial charge in [-0.3, -0.25) is 4.90 Å². The molecule has 6 heteroatoms. The Labute approximate surface area is 100 Å². The van der Waals surface area contributed by atoms with Crippen molar-refractivity contribution in [2.75, 3.05) is 36.8 Å². The second-order valence-electron chi connectivity index (χ2n) is 4.76. The molecule has 0 amide bonds. The van der Waals surface area contributed by atoms with Gasteiger partial charge >= 0.3 is 0 Å². The molecule has 3 N–H and O–H groups in total. The molecule has 6 nitrogen and oxygen atoms in total. The van der Waals surface area contributed by atoms with Crippen LogP contribution in [0, 0.1) is 0 Å². The summed E-state index contributed by atoms with van der Waals surface area (Å²) in [6.45, 7) is 3.63. The zero-order valence-electron chi connectivity index (χ0n) is 9.66. The molecule has 3 heterocycles. The van der Waals surface area contributed by atoms with E-state index in [0.29, 0.717) is 12.0 Å². The van der Waals surface area contributed by atoms with Gasteiger partial charge in [0.05, 0.1) is 6.10 Å². The fourth-order valence-electron chi connectivity index (χ4n) is 2.76. The molecule has 1 aromatic heterocycles. The maximum atomic E-state index is 9.66. The van der Waals surface area contributed by atoms with Crippen molar-refractivity contribution in [3.05, 3.63) is 12.3 Å². The zero-order valence-corrected chi connectivity index (χ0v) is 9.66. The SMILES string of the molecule is Nc1nccc(N2CCN3C[C@H](O)C[C@H]3C2)n1. The highest BCUT2D eigenvalue weighted by Crippen LogP contribution is 2.24. The first-order valence-corrected chi connectivity index (χ1v) is 5.98. The molecule has 92 valence electrons. The highest BCUT2D eigenvalue weighted by atomic mass is 16.3. The number of aromatic nitrogens is 2. The number of aliphatic hydroxyl groups is 1. The van der Waals surface area contributed by atoms with Crippen LogP contribution in [-0.2, 0) is 0 Å². The molecule has 0 aliphatic carbocycles. The number of rotatable bonds is 1. The first kappa shape index (κ1) is 10.7. The largest absolute Gasteiger partial charge is 0.392 e. The second kappa shape index (κ2) is 4.12. The Balaban J connectivity index is 1.74. The lowest BCUT2D eigenvalue weighted by molar-refractivity contribution is 0.173. The minimum atomic E-state index is -0.171. The molecule has 2 atom stereocenters. The lowest BCUT2D eigenvalue weighted by Gasteiger charge is -2.37. The highest BCUT2D eigenvalue weighted by Gasteiger charge is 2.35. The van der Waals surface area contributed by atoms with Gasteiger partial charge in [0.25, 0.3) is 0 Å². The third-order valence-corrected chi connectivity index (χ3v) is 3.58. The van der Waals surface area contributed by atoms with Gasteiger partial charge in [-0.05, 0) is 12.5 Å². The Hall–Kier alpha value is -1.40. The summed E-state index contributed by atoms with van der Waals surface area (Å²) >= 11 is 0. The van der Waals surface area contributed by atoms with Gasteiger partial charge in [-0.25, -0.2) is 4.98 Å². The maximum Gasteiger partial charge on any atom is 0.221 e. The molecule has 0 spiro atoms. The van der Waals surface area contributed by atoms with E-state index in [9.17, 15) is 5.11 Å². The summed E-state index contributed by atoms with van der Waals surface area (Å²) in [5.74, 6) is 1.20. The molecule has 0 saturated carbocycles. The maximum absolute atomic E-state index is 9.66. The third-order valence-electron chi connectivity index (χ3n) is 3.58. The molecule has 0 bridgehead atoms. The highest BCUT2D eigenvalue weighted by molar-refractivity contribution is 5.41. The van der Waals surface area contributed by atoms with Crippen LogP contribution in [-0.4, -0.2) is 58.3 Å². The summed E-state index contributed by atoms with van der Waals surface area (Å²) in [5.41, 5.74) is 5.59. The number of aliphatic hydroxyl groups excluding tert-OH is 1. The average Bonchev–Trinajstić information content (AvgIpc) is 2.68. The monoisotopic (exact) mass is 235 g/mol. The summed E-state index contributed by atoms with van der Waals surface area (Å²) in [4.78, 5) is 12.7.